The SMILES string of the molecule is COc1cc(OCc2ccccc2)c([N+](=O)[O-])cc1C(=O)N[C@H]1CCN(C2C3CCCC2CCC3)C1. The van der Waals surface area contributed by atoms with E-state index in [1.54, 1.807) is 0 Å². The Morgan fingerprint density at radius 1 is 1.06 bits per heavy atom. The number of nitrogens with zero attached hydrogens (tertiary/aromatic N) is 2. The van der Waals surface area contributed by atoms with E-state index < -0.39 is 4.92 Å². The second-order valence-corrected chi connectivity index (χ2v) is 10.4. The average molecular weight is 494 g/mol. The number of benzene rings is 2. The number of nitrogens with one attached hydrogen (secondary N) is 1. The number of carbonyl (C=O) groups excluding carboxylic acids is 1. The summed E-state index contributed by atoms with van der Waals surface area (Å²) in [6.45, 7) is 2.01. The quantitative estimate of drug-likeness (QED) is 0.413. The molecule has 0 unspecified atom stereocenters. The van der Waals surface area contributed by atoms with Crippen LogP contribution in [-0.2, 0) is 6.61 Å². The van der Waals surface area contributed by atoms with Crippen molar-refractivity contribution < 1.29 is 19.2 Å². The van der Waals surface area contributed by atoms with Gasteiger partial charge in [0.1, 0.15) is 12.4 Å². The fraction of sp³-hybridized carbons (Fsp3) is 0.536. The molecule has 0 spiro atoms. The molecule has 2 bridgehead atoms. The first-order chi connectivity index (χ1) is 17.5. The Balaban J connectivity index is 1.28. The molecule has 5 rings (SSSR count). The third-order valence-corrected chi connectivity index (χ3v) is 8.20. The minimum atomic E-state index is -0.518. The zero-order chi connectivity index (χ0) is 25.1. The van der Waals surface area contributed by atoms with Crippen molar-refractivity contribution in [3.05, 3.63) is 63.7 Å². The molecule has 3 fully saturated rings. The number of rotatable bonds is 8. The summed E-state index contributed by atoms with van der Waals surface area (Å²) in [4.78, 5) is 27.1. The maximum Gasteiger partial charge on any atom is 0.312 e. The Morgan fingerprint density at radius 3 is 2.39 bits per heavy atom. The lowest BCUT2D eigenvalue weighted by Gasteiger charge is -2.47. The summed E-state index contributed by atoms with van der Waals surface area (Å²) < 4.78 is 11.2. The van der Waals surface area contributed by atoms with Gasteiger partial charge in [0.25, 0.3) is 5.91 Å². The topological polar surface area (TPSA) is 93.9 Å². The van der Waals surface area contributed by atoms with Crippen molar-refractivity contribution in [1.29, 1.82) is 0 Å². The molecular formula is C28H35N3O5. The number of hydrogen-bond donors (Lipinski definition) is 1. The van der Waals surface area contributed by atoms with Gasteiger partial charge < -0.3 is 14.8 Å². The van der Waals surface area contributed by atoms with Crippen LogP contribution in [0.5, 0.6) is 11.5 Å². The van der Waals surface area contributed by atoms with Crippen LogP contribution in [0.1, 0.15) is 60.9 Å². The summed E-state index contributed by atoms with van der Waals surface area (Å²) in [5, 5.41) is 14.9. The third kappa shape index (κ3) is 5.19. The van der Waals surface area contributed by atoms with Crippen molar-refractivity contribution in [3.63, 3.8) is 0 Å². The van der Waals surface area contributed by atoms with E-state index >= 15 is 0 Å². The molecule has 8 heteroatoms. The molecule has 1 aliphatic heterocycles. The van der Waals surface area contributed by atoms with Crippen molar-refractivity contribution in [2.75, 3.05) is 20.2 Å². The van der Waals surface area contributed by atoms with Crippen LogP contribution in [0.25, 0.3) is 0 Å². The average Bonchev–Trinajstić information content (AvgIpc) is 3.35. The van der Waals surface area contributed by atoms with Crippen LogP contribution in [0.4, 0.5) is 5.69 Å². The van der Waals surface area contributed by atoms with E-state index in [4.69, 9.17) is 9.47 Å². The van der Waals surface area contributed by atoms with Crippen molar-refractivity contribution in [2.45, 2.75) is 63.6 Å². The van der Waals surface area contributed by atoms with Crippen LogP contribution < -0.4 is 14.8 Å². The Hall–Kier alpha value is -3.13. The predicted molar refractivity (Wildman–Crippen MR) is 136 cm³/mol. The summed E-state index contributed by atoms with van der Waals surface area (Å²) in [5.41, 5.74) is 0.796. The van der Waals surface area contributed by atoms with Gasteiger partial charge in [-0.05, 0) is 49.5 Å². The van der Waals surface area contributed by atoms with Gasteiger partial charge in [-0.25, -0.2) is 0 Å². The van der Waals surface area contributed by atoms with E-state index in [0.717, 1.165) is 36.9 Å². The van der Waals surface area contributed by atoms with E-state index in [0.29, 0.717) is 6.04 Å². The highest BCUT2D eigenvalue weighted by Crippen LogP contribution is 2.43. The molecule has 1 N–H and O–H groups in total. The van der Waals surface area contributed by atoms with Crippen LogP contribution in [0.3, 0.4) is 0 Å². The summed E-state index contributed by atoms with van der Waals surface area (Å²) in [7, 11) is 1.46. The van der Waals surface area contributed by atoms with Gasteiger partial charge in [0, 0.05) is 37.3 Å². The number of fused-ring (bicyclic) bond motifs is 2. The van der Waals surface area contributed by atoms with Gasteiger partial charge in [-0.2, -0.15) is 0 Å². The largest absolute Gasteiger partial charge is 0.496 e. The molecule has 2 aromatic rings. The molecule has 2 aliphatic carbocycles. The van der Waals surface area contributed by atoms with E-state index in [1.807, 2.05) is 30.3 Å². The molecule has 1 heterocycles. The first-order valence-corrected chi connectivity index (χ1v) is 13.1. The number of likely N-dealkylation sites (tertiary alicyclic amines) is 1. The van der Waals surface area contributed by atoms with Gasteiger partial charge in [0.05, 0.1) is 17.6 Å². The molecule has 8 nitrogen and oxygen atoms in total. The lowest BCUT2D eigenvalue weighted by molar-refractivity contribution is -0.386. The normalized spacial score (nSPS) is 25.8. The molecule has 2 aromatic carbocycles. The molecular weight excluding hydrogens is 458 g/mol. The summed E-state index contributed by atoms with van der Waals surface area (Å²) in [5.74, 6) is 1.57. The predicted octanol–water partition coefficient (Wildman–Crippen LogP) is 4.96. The van der Waals surface area contributed by atoms with E-state index in [-0.39, 0.29) is 41.3 Å². The van der Waals surface area contributed by atoms with Crippen molar-refractivity contribution in [3.8, 4) is 11.5 Å². The van der Waals surface area contributed by atoms with E-state index in [2.05, 4.69) is 10.2 Å². The highest BCUT2D eigenvalue weighted by molar-refractivity contribution is 5.98. The maximum atomic E-state index is 13.3. The van der Waals surface area contributed by atoms with E-state index in [1.165, 1.54) is 57.8 Å². The summed E-state index contributed by atoms with van der Waals surface area (Å²) in [6, 6.07) is 12.8. The van der Waals surface area contributed by atoms with Gasteiger partial charge >= 0.3 is 5.69 Å². The van der Waals surface area contributed by atoms with Crippen molar-refractivity contribution in [2.24, 2.45) is 11.8 Å². The number of methoxy groups -OCH3 is 1. The highest BCUT2D eigenvalue weighted by Gasteiger charge is 2.42. The van der Waals surface area contributed by atoms with Crippen LogP contribution in [0.2, 0.25) is 0 Å². The van der Waals surface area contributed by atoms with Crippen molar-refractivity contribution >= 4 is 11.6 Å². The number of amides is 1. The van der Waals surface area contributed by atoms with Gasteiger partial charge in [0.15, 0.2) is 0 Å². The molecule has 3 aliphatic rings. The van der Waals surface area contributed by atoms with Gasteiger partial charge in [-0.15, -0.1) is 0 Å². The standard InChI is InChI=1S/C28H35N3O5/c1-35-25-16-26(36-18-19-7-3-2-4-8-19)24(31(33)34)15-23(25)28(32)29-22-13-14-30(17-22)27-20-9-5-10-21(27)12-6-11-20/h2-4,7-8,15-16,20-22,27H,5-6,9-14,17-18H2,1H3,(H,29,32)/t20?,21?,22-,27?/m0/s1. The number of carbonyl (C=O) groups is 1. The number of nitro benzene ring substituents is 1. The molecule has 1 amide bonds. The second-order valence-electron chi connectivity index (χ2n) is 10.4. The van der Waals surface area contributed by atoms with E-state index in [9.17, 15) is 14.9 Å². The second kappa shape index (κ2) is 10.9. The van der Waals surface area contributed by atoms with Gasteiger partial charge in [-0.3, -0.25) is 19.8 Å². The fourth-order valence-electron chi connectivity index (χ4n) is 6.57. The van der Waals surface area contributed by atoms with Crippen LogP contribution in [0, 0.1) is 22.0 Å². The molecule has 0 aromatic heterocycles. The highest BCUT2D eigenvalue weighted by atomic mass is 16.6. The Labute approximate surface area is 212 Å². The summed E-state index contributed by atoms with van der Waals surface area (Å²) >= 11 is 0. The number of hydrogen-bond acceptors (Lipinski definition) is 6. The number of ether oxygens (including phenoxy) is 2. The zero-order valence-electron chi connectivity index (χ0n) is 20.9. The first-order valence-electron chi connectivity index (χ1n) is 13.1. The van der Waals surface area contributed by atoms with Crippen LogP contribution in [-0.4, -0.2) is 48.0 Å². The van der Waals surface area contributed by atoms with Gasteiger partial charge in [0.2, 0.25) is 5.75 Å². The molecule has 192 valence electrons. The monoisotopic (exact) mass is 493 g/mol. The number of nitro groups is 1. The van der Waals surface area contributed by atoms with Crippen molar-refractivity contribution in [1.82, 2.24) is 10.2 Å². The molecule has 2 saturated carbocycles. The minimum absolute atomic E-state index is 0.0259. The molecule has 1 saturated heterocycles. The lowest BCUT2D eigenvalue weighted by Crippen LogP contribution is -2.50. The molecule has 0 radical (unpaired) electrons. The molecule has 36 heavy (non-hydrogen) atoms. The lowest BCUT2D eigenvalue weighted by atomic mass is 9.68. The third-order valence-electron chi connectivity index (χ3n) is 8.20. The molecule has 1 atom stereocenters. The van der Waals surface area contributed by atoms with Gasteiger partial charge in [-0.1, -0.05) is 43.2 Å². The fourth-order valence-corrected chi connectivity index (χ4v) is 6.57. The van der Waals surface area contributed by atoms with Crippen LogP contribution >= 0.6 is 0 Å². The first kappa shape index (κ1) is 24.6. The zero-order valence-corrected chi connectivity index (χ0v) is 20.9. The Bertz CT molecular complexity index is 1070. The smallest absolute Gasteiger partial charge is 0.312 e. The summed E-state index contributed by atoms with van der Waals surface area (Å²) in [6.07, 6.45) is 8.91. The maximum absolute atomic E-state index is 13.3. The Morgan fingerprint density at radius 2 is 1.75 bits per heavy atom. The van der Waals surface area contributed by atoms with Crippen LogP contribution in [0.15, 0.2) is 42.5 Å². The minimum Gasteiger partial charge on any atom is -0.496 e. The Kier molecular flexibility index (Phi) is 7.41.